The number of nitrogen functional groups attached to an aromatic ring is 1. The van der Waals surface area contributed by atoms with Crippen molar-refractivity contribution in [1.82, 2.24) is 10.4 Å². The molecule has 0 bridgehead atoms. The van der Waals surface area contributed by atoms with Gasteiger partial charge in [-0.05, 0) is 30.7 Å². The van der Waals surface area contributed by atoms with Crippen LogP contribution < -0.4 is 17.0 Å². The molecule has 0 aliphatic carbocycles. The molecule has 0 fully saturated rings. The number of rotatable bonds is 4. The molecule has 1 atom stereocenters. The van der Waals surface area contributed by atoms with Crippen LogP contribution in [0, 0.1) is 12.7 Å². The van der Waals surface area contributed by atoms with Crippen LogP contribution in [0.4, 0.5) is 10.1 Å². The topological polar surface area (TPSA) is 77.0 Å². The summed E-state index contributed by atoms with van der Waals surface area (Å²) in [5, 5.41) is 2.91. The van der Waals surface area contributed by atoms with Crippen LogP contribution in [0.3, 0.4) is 0 Å². The number of nitrogens with zero attached hydrogens (tertiary/aromatic N) is 1. The molecular formula is C12H15FN4S. The lowest BCUT2D eigenvalue weighted by Gasteiger charge is -2.17. The molecule has 0 aliphatic heterocycles. The zero-order valence-corrected chi connectivity index (χ0v) is 10.8. The maximum absolute atomic E-state index is 13.2. The smallest absolute Gasteiger partial charge is 0.123 e. The van der Waals surface area contributed by atoms with Gasteiger partial charge in [0.2, 0.25) is 0 Å². The van der Waals surface area contributed by atoms with Crippen molar-refractivity contribution >= 4 is 17.0 Å². The van der Waals surface area contributed by atoms with Crippen LogP contribution in [-0.2, 0) is 6.42 Å². The lowest BCUT2D eigenvalue weighted by atomic mass is 10.0. The minimum atomic E-state index is -0.324. The summed E-state index contributed by atoms with van der Waals surface area (Å²) in [7, 11) is 0. The first kappa shape index (κ1) is 12.9. The maximum Gasteiger partial charge on any atom is 0.123 e. The number of thiazole rings is 1. The van der Waals surface area contributed by atoms with Gasteiger partial charge >= 0.3 is 0 Å². The van der Waals surface area contributed by atoms with Gasteiger partial charge in [0.15, 0.2) is 0 Å². The number of hydrogen-bond acceptors (Lipinski definition) is 5. The number of hydrazine groups is 1. The molecule has 0 aliphatic rings. The number of nitrogens with one attached hydrogen (secondary N) is 1. The first-order valence-corrected chi connectivity index (χ1v) is 6.40. The first-order valence-electron chi connectivity index (χ1n) is 5.52. The van der Waals surface area contributed by atoms with E-state index in [0.717, 1.165) is 10.7 Å². The second-order valence-electron chi connectivity index (χ2n) is 4.08. The molecule has 0 spiro atoms. The van der Waals surface area contributed by atoms with Gasteiger partial charge in [0.1, 0.15) is 5.82 Å². The van der Waals surface area contributed by atoms with E-state index in [2.05, 4.69) is 10.4 Å². The molecule has 5 N–H and O–H groups in total. The zero-order chi connectivity index (χ0) is 13.1. The number of anilines is 1. The fourth-order valence-electron chi connectivity index (χ4n) is 1.78. The third kappa shape index (κ3) is 2.84. The lowest BCUT2D eigenvalue weighted by molar-refractivity contribution is 0.544. The molecule has 1 aromatic carbocycles. The number of hydrogen-bond donors (Lipinski definition) is 3. The van der Waals surface area contributed by atoms with Crippen molar-refractivity contribution in [1.29, 1.82) is 0 Å². The summed E-state index contributed by atoms with van der Waals surface area (Å²) in [6.45, 7) is 1.93. The van der Waals surface area contributed by atoms with Gasteiger partial charge in [-0.1, -0.05) is 0 Å². The Hall–Kier alpha value is -1.50. The van der Waals surface area contributed by atoms with Gasteiger partial charge in [-0.2, -0.15) is 0 Å². The molecule has 0 radical (unpaired) electrons. The third-order valence-electron chi connectivity index (χ3n) is 2.67. The molecule has 96 valence electrons. The van der Waals surface area contributed by atoms with Crippen LogP contribution in [0.1, 0.15) is 22.3 Å². The third-order valence-corrected chi connectivity index (χ3v) is 3.66. The maximum atomic E-state index is 13.2. The van der Waals surface area contributed by atoms with E-state index in [9.17, 15) is 4.39 Å². The Labute approximate surface area is 109 Å². The average molecular weight is 266 g/mol. The predicted octanol–water partition coefficient (Wildman–Crippen LogP) is 1.92. The van der Waals surface area contributed by atoms with Crippen LogP contribution >= 0.6 is 11.3 Å². The summed E-state index contributed by atoms with van der Waals surface area (Å²) in [5.74, 6) is 5.20. The van der Waals surface area contributed by atoms with Gasteiger partial charge in [0.25, 0.3) is 0 Å². The molecule has 1 heterocycles. The Kier molecular flexibility index (Phi) is 3.90. The summed E-state index contributed by atoms with van der Waals surface area (Å²) in [6, 6.07) is 4.04. The molecule has 1 unspecified atom stereocenters. The highest BCUT2D eigenvalue weighted by Crippen LogP contribution is 2.25. The van der Waals surface area contributed by atoms with Crippen molar-refractivity contribution in [3.05, 3.63) is 45.7 Å². The van der Waals surface area contributed by atoms with Gasteiger partial charge in [-0.3, -0.25) is 11.3 Å². The Morgan fingerprint density at radius 3 is 2.89 bits per heavy atom. The second kappa shape index (κ2) is 5.43. The minimum Gasteiger partial charge on any atom is -0.398 e. The summed E-state index contributed by atoms with van der Waals surface area (Å²) < 4.78 is 13.2. The van der Waals surface area contributed by atoms with Crippen LogP contribution in [0.25, 0.3) is 0 Å². The fraction of sp³-hybridized carbons (Fsp3) is 0.250. The summed E-state index contributed by atoms with van der Waals surface area (Å²) in [5.41, 5.74) is 10.7. The molecular weight excluding hydrogens is 251 g/mol. The van der Waals surface area contributed by atoms with Gasteiger partial charge in [0.05, 0.1) is 11.0 Å². The van der Waals surface area contributed by atoms with E-state index in [1.165, 1.54) is 12.1 Å². The highest BCUT2D eigenvalue weighted by Gasteiger charge is 2.16. The van der Waals surface area contributed by atoms with Crippen molar-refractivity contribution < 1.29 is 4.39 Å². The summed E-state index contributed by atoms with van der Waals surface area (Å²) in [4.78, 5) is 4.36. The van der Waals surface area contributed by atoms with E-state index >= 15 is 0 Å². The van der Waals surface area contributed by atoms with E-state index in [0.29, 0.717) is 17.7 Å². The number of aryl methyl sites for hydroxylation is 1. The number of benzene rings is 1. The van der Waals surface area contributed by atoms with Gasteiger partial charge in [0, 0.05) is 23.2 Å². The van der Waals surface area contributed by atoms with Crippen molar-refractivity contribution in [3.8, 4) is 0 Å². The predicted molar refractivity (Wildman–Crippen MR) is 71.4 cm³/mol. The van der Waals surface area contributed by atoms with Crippen molar-refractivity contribution in [2.75, 3.05) is 5.73 Å². The SMILES string of the molecule is Cc1csc(CC(NN)c2cc(F)ccc2N)n1. The Morgan fingerprint density at radius 1 is 1.50 bits per heavy atom. The lowest BCUT2D eigenvalue weighted by Crippen LogP contribution is -2.30. The van der Waals surface area contributed by atoms with Gasteiger partial charge in [-0.25, -0.2) is 9.37 Å². The second-order valence-corrected chi connectivity index (χ2v) is 5.02. The standard InChI is InChI=1S/C12H15FN4S/c1-7-6-18-12(16-7)5-11(17-15)9-4-8(13)2-3-10(9)14/h2-4,6,11,17H,5,14-15H2,1H3. The molecule has 4 nitrogen and oxygen atoms in total. The Balaban J connectivity index is 2.25. The normalized spacial score (nSPS) is 12.6. The highest BCUT2D eigenvalue weighted by molar-refractivity contribution is 7.09. The number of nitrogens with two attached hydrogens (primary N) is 2. The zero-order valence-electron chi connectivity index (χ0n) is 9.98. The fourth-order valence-corrected chi connectivity index (χ4v) is 2.60. The monoisotopic (exact) mass is 266 g/mol. The molecule has 0 saturated carbocycles. The highest BCUT2D eigenvalue weighted by atomic mass is 32.1. The van der Waals surface area contributed by atoms with Crippen LogP contribution in [0.2, 0.25) is 0 Å². The molecule has 0 saturated heterocycles. The molecule has 18 heavy (non-hydrogen) atoms. The number of aromatic nitrogens is 1. The summed E-state index contributed by atoms with van der Waals surface area (Å²) in [6.07, 6.45) is 0.586. The van der Waals surface area contributed by atoms with E-state index in [4.69, 9.17) is 11.6 Å². The minimum absolute atomic E-state index is 0.244. The quantitative estimate of drug-likeness (QED) is 0.449. The molecule has 0 amide bonds. The van der Waals surface area contributed by atoms with Gasteiger partial charge in [-0.15, -0.1) is 11.3 Å². The Morgan fingerprint density at radius 2 is 2.28 bits per heavy atom. The average Bonchev–Trinajstić information content (AvgIpc) is 2.75. The van der Waals surface area contributed by atoms with Crippen LogP contribution in [-0.4, -0.2) is 4.98 Å². The molecule has 2 rings (SSSR count). The van der Waals surface area contributed by atoms with E-state index in [1.807, 2.05) is 12.3 Å². The Bertz CT molecular complexity index is 541. The van der Waals surface area contributed by atoms with Crippen LogP contribution in [0.15, 0.2) is 23.6 Å². The molecule has 1 aromatic heterocycles. The molecule has 2 aromatic rings. The summed E-state index contributed by atoms with van der Waals surface area (Å²) >= 11 is 1.56. The van der Waals surface area contributed by atoms with Crippen molar-refractivity contribution in [2.24, 2.45) is 5.84 Å². The van der Waals surface area contributed by atoms with Crippen molar-refractivity contribution in [2.45, 2.75) is 19.4 Å². The van der Waals surface area contributed by atoms with E-state index < -0.39 is 0 Å². The largest absolute Gasteiger partial charge is 0.398 e. The van der Waals surface area contributed by atoms with Crippen LogP contribution in [0.5, 0.6) is 0 Å². The van der Waals surface area contributed by atoms with Crippen molar-refractivity contribution in [3.63, 3.8) is 0 Å². The van der Waals surface area contributed by atoms with E-state index in [-0.39, 0.29) is 11.9 Å². The van der Waals surface area contributed by atoms with E-state index in [1.54, 1.807) is 17.4 Å². The molecule has 6 heteroatoms. The first-order chi connectivity index (χ1) is 8.60. The van der Waals surface area contributed by atoms with Gasteiger partial charge < -0.3 is 5.73 Å². The number of halogens is 1.